The van der Waals surface area contributed by atoms with Crippen molar-refractivity contribution in [1.29, 1.82) is 0 Å². The summed E-state index contributed by atoms with van der Waals surface area (Å²) in [5.41, 5.74) is 0. The molecule has 0 heterocycles. The van der Waals surface area contributed by atoms with Gasteiger partial charge in [0, 0.05) is 0 Å². The predicted octanol–water partition coefficient (Wildman–Crippen LogP) is 3.41. The highest BCUT2D eigenvalue weighted by Gasteiger charge is 1.96. The van der Waals surface area contributed by atoms with E-state index in [0.717, 1.165) is 12.8 Å². The highest BCUT2D eigenvalue weighted by molar-refractivity contribution is 5.71. The number of carbonyl (C=O) groups excluding carboxylic acids is 1. The van der Waals surface area contributed by atoms with E-state index >= 15 is 0 Å². The molecule has 0 rings (SSSR count). The Labute approximate surface area is 92.3 Å². The highest BCUT2D eigenvalue weighted by atomic mass is 16.5. The van der Waals surface area contributed by atoms with Crippen LogP contribution in [0.4, 0.5) is 0 Å². The molecule has 0 unspecified atom stereocenters. The second-order valence-electron chi connectivity index (χ2n) is 3.05. The quantitative estimate of drug-likeness (QED) is 0.277. The molecule has 0 aliphatic carbocycles. The van der Waals surface area contributed by atoms with Gasteiger partial charge in [-0.2, -0.15) is 0 Å². The van der Waals surface area contributed by atoms with Crippen molar-refractivity contribution in [2.75, 3.05) is 6.61 Å². The normalized spacial score (nSPS) is 11.9. The van der Waals surface area contributed by atoms with Crippen LogP contribution in [0.3, 0.4) is 0 Å². The molecule has 2 heteroatoms. The molecule has 84 valence electrons. The molecule has 0 aliphatic heterocycles. The van der Waals surface area contributed by atoms with Crippen molar-refractivity contribution < 1.29 is 9.53 Å². The summed E-state index contributed by atoms with van der Waals surface area (Å²) in [6.45, 7) is 4.46. The lowest BCUT2D eigenvalue weighted by Gasteiger charge is -1.99. The molecule has 0 aromatic carbocycles. The summed E-state index contributed by atoms with van der Waals surface area (Å²) >= 11 is 0. The van der Waals surface area contributed by atoms with Crippen LogP contribution in [0.25, 0.3) is 0 Å². The second kappa shape index (κ2) is 10.8. The third kappa shape index (κ3) is 10.6. The molecule has 0 amide bonds. The number of carbonyl (C=O) groups is 1. The standard InChI is InChI=1S/C13H20O2/c1-3-5-7-8-10-12-15-13(14)11-9-6-4-2/h3,5-9H,4,10-12H2,1-2H3/b5-3+,8-7+,9-6-. The number of allylic oxidation sites excluding steroid dienone is 4. The maximum atomic E-state index is 11.1. The van der Waals surface area contributed by atoms with Crippen LogP contribution in [0, 0.1) is 0 Å². The first-order valence-electron chi connectivity index (χ1n) is 5.39. The Hall–Kier alpha value is -1.31. The molecule has 0 aliphatic rings. The summed E-state index contributed by atoms with van der Waals surface area (Å²) < 4.78 is 5.00. The van der Waals surface area contributed by atoms with E-state index < -0.39 is 0 Å². The third-order valence-electron chi connectivity index (χ3n) is 1.67. The average Bonchev–Trinajstić information content (AvgIpc) is 2.23. The Morgan fingerprint density at radius 1 is 1.20 bits per heavy atom. The van der Waals surface area contributed by atoms with Crippen LogP contribution in [0.15, 0.2) is 36.5 Å². The second-order valence-corrected chi connectivity index (χ2v) is 3.05. The zero-order chi connectivity index (χ0) is 11.4. The summed E-state index contributed by atoms with van der Waals surface area (Å²) in [5.74, 6) is -0.154. The van der Waals surface area contributed by atoms with Gasteiger partial charge < -0.3 is 4.74 Å². The molecule has 0 radical (unpaired) electrons. The Kier molecular flexibility index (Phi) is 9.83. The zero-order valence-corrected chi connectivity index (χ0v) is 9.61. The molecule has 2 nitrogen and oxygen atoms in total. The topological polar surface area (TPSA) is 26.3 Å². The van der Waals surface area contributed by atoms with Gasteiger partial charge in [-0.15, -0.1) is 0 Å². The molecule has 0 aromatic rings. The molecule has 0 saturated carbocycles. The van der Waals surface area contributed by atoms with Crippen LogP contribution in [-0.2, 0) is 9.53 Å². The van der Waals surface area contributed by atoms with Gasteiger partial charge >= 0.3 is 5.97 Å². The monoisotopic (exact) mass is 208 g/mol. The first-order chi connectivity index (χ1) is 7.31. The fourth-order valence-corrected chi connectivity index (χ4v) is 0.932. The Bertz CT molecular complexity index is 237. The van der Waals surface area contributed by atoms with Crippen molar-refractivity contribution >= 4 is 5.97 Å². The first-order valence-corrected chi connectivity index (χ1v) is 5.39. The highest BCUT2D eigenvalue weighted by Crippen LogP contribution is 1.93. The minimum absolute atomic E-state index is 0.154. The third-order valence-corrected chi connectivity index (χ3v) is 1.67. The van der Waals surface area contributed by atoms with Crippen LogP contribution >= 0.6 is 0 Å². The number of ether oxygens (including phenoxy) is 1. The van der Waals surface area contributed by atoms with Gasteiger partial charge in [0.15, 0.2) is 0 Å². The Morgan fingerprint density at radius 3 is 2.67 bits per heavy atom. The van der Waals surface area contributed by atoms with E-state index in [1.54, 1.807) is 0 Å². The molecule has 15 heavy (non-hydrogen) atoms. The van der Waals surface area contributed by atoms with E-state index in [1.807, 2.05) is 50.3 Å². The van der Waals surface area contributed by atoms with Crippen LogP contribution in [0.1, 0.15) is 33.1 Å². The molecular weight excluding hydrogens is 188 g/mol. The molecule has 0 saturated heterocycles. The van der Waals surface area contributed by atoms with Crippen LogP contribution in [-0.4, -0.2) is 12.6 Å². The largest absolute Gasteiger partial charge is 0.465 e. The van der Waals surface area contributed by atoms with E-state index in [0.29, 0.717) is 13.0 Å². The lowest BCUT2D eigenvalue weighted by molar-refractivity contribution is -0.142. The number of hydrogen-bond donors (Lipinski definition) is 0. The maximum Gasteiger partial charge on any atom is 0.309 e. The van der Waals surface area contributed by atoms with Crippen molar-refractivity contribution in [1.82, 2.24) is 0 Å². The minimum atomic E-state index is -0.154. The fourth-order valence-electron chi connectivity index (χ4n) is 0.932. The summed E-state index contributed by atoms with van der Waals surface area (Å²) in [7, 11) is 0. The van der Waals surface area contributed by atoms with Gasteiger partial charge in [-0.1, -0.05) is 43.4 Å². The molecule has 0 spiro atoms. The fraction of sp³-hybridized carbons (Fsp3) is 0.462. The average molecular weight is 208 g/mol. The van der Waals surface area contributed by atoms with Crippen molar-refractivity contribution in [2.45, 2.75) is 33.1 Å². The lowest BCUT2D eigenvalue weighted by atomic mass is 10.3. The van der Waals surface area contributed by atoms with E-state index in [1.165, 1.54) is 0 Å². The van der Waals surface area contributed by atoms with Gasteiger partial charge in [-0.05, 0) is 19.8 Å². The molecule has 0 aromatic heterocycles. The summed E-state index contributed by atoms with van der Waals surface area (Å²) in [5, 5.41) is 0. The lowest BCUT2D eigenvalue weighted by Crippen LogP contribution is -2.03. The number of hydrogen-bond acceptors (Lipinski definition) is 2. The van der Waals surface area contributed by atoms with Crippen molar-refractivity contribution in [3.63, 3.8) is 0 Å². The van der Waals surface area contributed by atoms with Crippen molar-refractivity contribution in [2.24, 2.45) is 0 Å². The van der Waals surface area contributed by atoms with Crippen molar-refractivity contribution in [3.8, 4) is 0 Å². The molecule has 0 N–H and O–H groups in total. The summed E-state index contributed by atoms with van der Waals surface area (Å²) in [6.07, 6.45) is 13.8. The number of rotatable bonds is 7. The van der Waals surface area contributed by atoms with Gasteiger partial charge in [-0.25, -0.2) is 0 Å². The van der Waals surface area contributed by atoms with Gasteiger partial charge in [0.25, 0.3) is 0 Å². The first kappa shape index (κ1) is 13.7. The molecule has 0 atom stereocenters. The smallest absolute Gasteiger partial charge is 0.309 e. The summed E-state index contributed by atoms with van der Waals surface area (Å²) in [6, 6.07) is 0. The van der Waals surface area contributed by atoms with Crippen LogP contribution in [0.2, 0.25) is 0 Å². The van der Waals surface area contributed by atoms with Crippen LogP contribution in [0.5, 0.6) is 0 Å². The van der Waals surface area contributed by atoms with E-state index in [-0.39, 0.29) is 5.97 Å². The van der Waals surface area contributed by atoms with Gasteiger partial charge in [0.1, 0.15) is 0 Å². The zero-order valence-electron chi connectivity index (χ0n) is 9.61. The van der Waals surface area contributed by atoms with Gasteiger partial charge in [0.2, 0.25) is 0 Å². The van der Waals surface area contributed by atoms with Gasteiger partial charge in [-0.3, -0.25) is 4.79 Å². The Morgan fingerprint density at radius 2 is 2.00 bits per heavy atom. The van der Waals surface area contributed by atoms with Gasteiger partial charge in [0.05, 0.1) is 13.0 Å². The predicted molar refractivity (Wildman–Crippen MR) is 63.6 cm³/mol. The SMILES string of the molecule is C/C=C/C=C/CCOC(=O)C/C=C\CC. The molecule has 0 bridgehead atoms. The molecule has 0 fully saturated rings. The van der Waals surface area contributed by atoms with E-state index in [9.17, 15) is 4.79 Å². The van der Waals surface area contributed by atoms with Crippen molar-refractivity contribution in [3.05, 3.63) is 36.5 Å². The minimum Gasteiger partial charge on any atom is -0.465 e. The molecular formula is C13H20O2. The van der Waals surface area contributed by atoms with Crippen LogP contribution < -0.4 is 0 Å². The number of esters is 1. The van der Waals surface area contributed by atoms with E-state index in [4.69, 9.17) is 4.74 Å². The maximum absolute atomic E-state index is 11.1. The summed E-state index contributed by atoms with van der Waals surface area (Å²) in [4.78, 5) is 11.1. The Balaban J connectivity index is 3.42. The van der Waals surface area contributed by atoms with E-state index in [2.05, 4.69) is 0 Å².